The molecule has 5 nitrogen and oxygen atoms in total. The first-order valence-corrected chi connectivity index (χ1v) is 7.24. The molecule has 1 aliphatic rings. The lowest BCUT2D eigenvalue weighted by Crippen LogP contribution is -2.48. The van der Waals surface area contributed by atoms with Gasteiger partial charge in [-0.15, -0.1) is 0 Å². The Hall–Kier alpha value is -1.26. The zero-order valence-electron chi connectivity index (χ0n) is 12.3. The molecule has 1 N–H and O–H groups in total. The van der Waals surface area contributed by atoms with Crippen molar-refractivity contribution in [2.75, 3.05) is 19.7 Å². The van der Waals surface area contributed by atoms with Crippen LogP contribution in [-0.2, 0) is 9.53 Å². The third kappa shape index (κ3) is 5.49. The molecular weight excluding hydrogens is 244 g/mol. The van der Waals surface area contributed by atoms with Crippen LogP contribution < -0.4 is 5.32 Å². The summed E-state index contributed by atoms with van der Waals surface area (Å²) in [5.74, 6) is 0.0423. The van der Waals surface area contributed by atoms with Gasteiger partial charge in [0.25, 0.3) is 0 Å². The summed E-state index contributed by atoms with van der Waals surface area (Å²) in [6.07, 6.45) is 4.51. The molecule has 0 aromatic carbocycles. The van der Waals surface area contributed by atoms with Crippen LogP contribution in [0.4, 0.5) is 4.79 Å². The lowest BCUT2D eigenvalue weighted by atomic mass is 10.1. The first-order valence-electron chi connectivity index (χ1n) is 7.24. The van der Waals surface area contributed by atoms with Crippen molar-refractivity contribution < 1.29 is 14.3 Å². The Kier molecular flexibility index (Phi) is 6.67. The summed E-state index contributed by atoms with van der Waals surface area (Å²) in [5.41, 5.74) is 0. The monoisotopic (exact) mass is 270 g/mol. The number of hydrogen-bond acceptors (Lipinski definition) is 3. The average Bonchev–Trinajstić information content (AvgIpc) is 2.86. The van der Waals surface area contributed by atoms with E-state index in [4.69, 9.17) is 4.74 Å². The Balaban J connectivity index is 2.48. The minimum Gasteiger partial charge on any atom is -0.465 e. The van der Waals surface area contributed by atoms with Crippen molar-refractivity contribution in [3.8, 4) is 0 Å². The molecular formula is C14H26N2O3. The minimum atomic E-state index is -0.383. The Morgan fingerprint density at radius 3 is 2.47 bits per heavy atom. The second kappa shape index (κ2) is 8.02. The van der Waals surface area contributed by atoms with Gasteiger partial charge in [-0.2, -0.15) is 0 Å². The molecule has 1 rings (SSSR count). The molecule has 1 saturated carbocycles. The van der Waals surface area contributed by atoms with Crippen molar-refractivity contribution in [1.29, 1.82) is 0 Å². The number of rotatable bonds is 6. The highest BCUT2D eigenvalue weighted by atomic mass is 16.5. The fourth-order valence-electron chi connectivity index (χ4n) is 2.47. The topological polar surface area (TPSA) is 58.6 Å². The second-order valence-electron chi connectivity index (χ2n) is 5.45. The molecule has 0 bridgehead atoms. The number of nitrogens with zero attached hydrogens (tertiary/aromatic N) is 1. The number of carbonyl (C=O) groups excluding carboxylic acids is 2. The summed E-state index contributed by atoms with van der Waals surface area (Å²) in [6, 6.07) is 0.179. The lowest BCUT2D eigenvalue weighted by molar-refractivity contribution is -0.141. The summed E-state index contributed by atoms with van der Waals surface area (Å²) in [5, 5.41) is 2.66. The zero-order valence-corrected chi connectivity index (χ0v) is 12.3. The van der Waals surface area contributed by atoms with Crippen molar-refractivity contribution in [3.63, 3.8) is 0 Å². The lowest BCUT2D eigenvalue weighted by Gasteiger charge is -2.30. The Morgan fingerprint density at radius 1 is 1.32 bits per heavy atom. The molecule has 0 heterocycles. The van der Waals surface area contributed by atoms with Crippen LogP contribution in [-0.4, -0.2) is 42.6 Å². The van der Waals surface area contributed by atoms with E-state index in [2.05, 4.69) is 19.2 Å². The van der Waals surface area contributed by atoms with Gasteiger partial charge in [0, 0.05) is 12.6 Å². The number of hydrogen-bond donors (Lipinski definition) is 1. The van der Waals surface area contributed by atoms with Gasteiger partial charge in [0.15, 0.2) is 0 Å². The summed E-state index contributed by atoms with van der Waals surface area (Å²) in [6.45, 7) is 6.98. The molecule has 0 aliphatic heterocycles. The molecule has 0 spiro atoms. The molecule has 1 aliphatic carbocycles. The number of ether oxygens (including phenoxy) is 1. The molecule has 1 fully saturated rings. The van der Waals surface area contributed by atoms with Crippen molar-refractivity contribution in [1.82, 2.24) is 10.2 Å². The fourth-order valence-corrected chi connectivity index (χ4v) is 2.47. The SMILES string of the molecule is CCOC(=O)CNC(=O)N(CC(C)C)C1CCCC1. The van der Waals surface area contributed by atoms with Crippen LogP contribution in [0.5, 0.6) is 0 Å². The zero-order chi connectivity index (χ0) is 14.3. The third-order valence-corrected chi connectivity index (χ3v) is 3.28. The van der Waals surface area contributed by atoms with Crippen LogP contribution in [0, 0.1) is 5.92 Å². The van der Waals surface area contributed by atoms with E-state index in [1.807, 2.05) is 4.90 Å². The Morgan fingerprint density at radius 2 is 1.95 bits per heavy atom. The van der Waals surface area contributed by atoms with Crippen molar-refractivity contribution >= 4 is 12.0 Å². The van der Waals surface area contributed by atoms with Gasteiger partial charge >= 0.3 is 12.0 Å². The first kappa shape index (κ1) is 15.8. The van der Waals surface area contributed by atoms with Gasteiger partial charge < -0.3 is 15.0 Å². The summed E-state index contributed by atoms with van der Waals surface area (Å²) in [7, 11) is 0. The standard InChI is InChI=1S/C14H26N2O3/c1-4-19-13(17)9-15-14(18)16(10-11(2)3)12-7-5-6-8-12/h11-12H,4-10H2,1-3H3,(H,15,18). The van der Waals surface area contributed by atoms with Gasteiger partial charge in [-0.25, -0.2) is 4.79 Å². The molecule has 0 aromatic rings. The highest BCUT2D eigenvalue weighted by Crippen LogP contribution is 2.24. The van der Waals surface area contributed by atoms with Crippen LogP contribution >= 0.6 is 0 Å². The van der Waals surface area contributed by atoms with Crippen LogP contribution in [0.15, 0.2) is 0 Å². The predicted molar refractivity (Wildman–Crippen MR) is 73.8 cm³/mol. The maximum Gasteiger partial charge on any atom is 0.325 e. The number of amides is 2. The van der Waals surface area contributed by atoms with Gasteiger partial charge in [-0.1, -0.05) is 26.7 Å². The van der Waals surface area contributed by atoms with Crippen LogP contribution in [0.25, 0.3) is 0 Å². The maximum atomic E-state index is 12.2. The molecule has 0 unspecified atom stereocenters. The largest absolute Gasteiger partial charge is 0.465 e. The van der Waals surface area contributed by atoms with Gasteiger partial charge in [0.2, 0.25) is 0 Å². The highest BCUT2D eigenvalue weighted by molar-refractivity contribution is 5.81. The third-order valence-electron chi connectivity index (χ3n) is 3.28. The first-order chi connectivity index (χ1) is 9.04. The van der Waals surface area contributed by atoms with E-state index in [1.165, 1.54) is 12.8 Å². The van der Waals surface area contributed by atoms with E-state index in [0.29, 0.717) is 18.6 Å². The van der Waals surface area contributed by atoms with E-state index < -0.39 is 0 Å². The van der Waals surface area contributed by atoms with Gasteiger partial charge in [0.1, 0.15) is 6.54 Å². The van der Waals surface area contributed by atoms with Crippen LogP contribution in [0.3, 0.4) is 0 Å². The molecule has 5 heteroatoms. The van der Waals surface area contributed by atoms with Crippen LogP contribution in [0.2, 0.25) is 0 Å². The maximum absolute atomic E-state index is 12.2. The molecule has 110 valence electrons. The molecule has 0 atom stereocenters. The average molecular weight is 270 g/mol. The Labute approximate surface area is 115 Å². The molecule has 2 amide bonds. The van der Waals surface area contributed by atoms with E-state index >= 15 is 0 Å². The van der Waals surface area contributed by atoms with E-state index in [1.54, 1.807) is 6.92 Å². The van der Waals surface area contributed by atoms with Gasteiger partial charge in [-0.3, -0.25) is 4.79 Å². The van der Waals surface area contributed by atoms with Crippen molar-refractivity contribution in [2.24, 2.45) is 5.92 Å². The fraction of sp³-hybridized carbons (Fsp3) is 0.857. The number of nitrogens with one attached hydrogen (secondary N) is 1. The summed E-state index contributed by atoms with van der Waals surface area (Å²) >= 11 is 0. The van der Waals surface area contributed by atoms with E-state index in [0.717, 1.165) is 19.4 Å². The van der Waals surface area contributed by atoms with E-state index in [-0.39, 0.29) is 18.5 Å². The van der Waals surface area contributed by atoms with E-state index in [9.17, 15) is 9.59 Å². The van der Waals surface area contributed by atoms with Crippen LogP contribution in [0.1, 0.15) is 46.5 Å². The smallest absolute Gasteiger partial charge is 0.325 e. The summed E-state index contributed by atoms with van der Waals surface area (Å²) < 4.78 is 4.81. The molecule has 0 aromatic heterocycles. The molecule has 0 saturated heterocycles. The van der Waals surface area contributed by atoms with Gasteiger partial charge in [-0.05, 0) is 25.7 Å². The summed E-state index contributed by atoms with van der Waals surface area (Å²) in [4.78, 5) is 25.3. The minimum absolute atomic E-state index is 0.0476. The number of carbonyl (C=O) groups is 2. The van der Waals surface area contributed by atoms with Crippen molar-refractivity contribution in [2.45, 2.75) is 52.5 Å². The highest BCUT2D eigenvalue weighted by Gasteiger charge is 2.27. The predicted octanol–water partition coefficient (Wildman–Crippen LogP) is 2.16. The quantitative estimate of drug-likeness (QED) is 0.752. The molecule has 19 heavy (non-hydrogen) atoms. The Bertz CT molecular complexity index is 299. The number of esters is 1. The number of urea groups is 1. The van der Waals surface area contributed by atoms with Gasteiger partial charge in [0.05, 0.1) is 6.61 Å². The normalized spacial score (nSPS) is 15.6. The second-order valence-corrected chi connectivity index (χ2v) is 5.45. The molecule has 0 radical (unpaired) electrons. The van der Waals surface area contributed by atoms with Crippen molar-refractivity contribution in [3.05, 3.63) is 0 Å².